The molecule has 0 spiro atoms. The first-order chi connectivity index (χ1) is 8.34. The van der Waals surface area contributed by atoms with E-state index in [0.717, 1.165) is 6.42 Å². The van der Waals surface area contributed by atoms with Crippen LogP contribution in [0.25, 0.3) is 10.8 Å². The fraction of sp³-hybridized carbons (Fsp3) is 0.214. The molecule has 3 heteroatoms. The summed E-state index contributed by atoms with van der Waals surface area (Å²) >= 11 is 1.85. The van der Waals surface area contributed by atoms with Gasteiger partial charge in [-0.15, -0.1) is 11.3 Å². The first-order valence-corrected chi connectivity index (χ1v) is 6.65. The van der Waals surface area contributed by atoms with Crippen molar-refractivity contribution in [2.75, 3.05) is 0 Å². The highest BCUT2D eigenvalue weighted by Gasteiger charge is 2.09. The number of nitrogens with zero attached hydrogens (tertiary/aromatic N) is 2. The normalized spacial score (nSPS) is 13.0. The minimum atomic E-state index is 0.458. The molecule has 3 aromatic rings. The Morgan fingerprint density at radius 2 is 2.24 bits per heavy atom. The van der Waals surface area contributed by atoms with E-state index in [1.165, 1.54) is 15.6 Å². The second kappa shape index (κ2) is 4.34. The third-order valence-corrected chi connectivity index (χ3v) is 4.15. The zero-order chi connectivity index (χ0) is 11.7. The van der Waals surface area contributed by atoms with Crippen LogP contribution in [0.15, 0.2) is 48.4 Å². The molecule has 0 saturated heterocycles. The van der Waals surface area contributed by atoms with Crippen LogP contribution < -0.4 is 0 Å². The second-order valence-electron chi connectivity index (χ2n) is 4.31. The zero-order valence-corrected chi connectivity index (χ0v) is 10.5. The van der Waals surface area contributed by atoms with Crippen LogP contribution in [0.5, 0.6) is 0 Å². The van der Waals surface area contributed by atoms with Crippen molar-refractivity contribution >= 4 is 22.1 Å². The molecule has 0 saturated carbocycles. The molecule has 0 aliphatic rings. The standard InChI is InChI=1S/C14H14N2S/c1-11(16-7-6-15-10-16)8-14-13-5-3-2-4-12(13)9-17-14/h2-7,9-11H,8H2,1H3. The average Bonchev–Trinajstić information content (AvgIpc) is 2.98. The summed E-state index contributed by atoms with van der Waals surface area (Å²) in [7, 11) is 0. The van der Waals surface area contributed by atoms with Crippen LogP contribution in [0, 0.1) is 0 Å². The van der Waals surface area contributed by atoms with Crippen molar-refractivity contribution in [3.63, 3.8) is 0 Å². The van der Waals surface area contributed by atoms with Gasteiger partial charge >= 0.3 is 0 Å². The molecule has 0 aliphatic heterocycles. The molecule has 0 fully saturated rings. The minimum absolute atomic E-state index is 0.458. The number of hydrogen-bond acceptors (Lipinski definition) is 2. The predicted octanol–water partition coefficient (Wildman–Crippen LogP) is 3.90. The Labute approximate surface area is 105 Å². The minimum Gasteiger partial charge on any atom is -0.334 e. The zero-order valence-electron chi connectivity index (χ0n) is 9.71. The van der Waals surface area contributed by atoms with Gasteiger partial charge in [-0.25, -0.2) is 4.98 Å². The maximum Gasteiger partial charge on any atom is 0.0948 e. The quantitative estimate of drug-likeness (QED) is 0.681. The van der Waals surface area contributed by atoms with E-state index >= 15 is 0 Å². The van der Waals surface area contributed by atoms with Crippen LogP contribution in [0.2, 0.25) is 0 Å². The summed E-state index contributed by atoms with van der Waals surface area (Å²) in [6.45, 7) is 2.23. The van der Waals surface area contributed by atoms with E-state index in [9.17, 15) is 0 Å². The Hall–Kier alpha value is -1.61. The van der Waals surface area contributed by atoms with Crippen LogP contribution in [0.1, 0.15) is 17.8 Å². The third kappa shape index (κ3) is 1.98. The molecule has 0 aliphatic carbocycles. The Balaban J connectivity index is 1.90. The fourth-order valence-electron chi connectivity index (χ4n) is 2.11. The molecule has 1 atom stereocenters. The van der Waals surface area contributed by atoms with Gasteiger partial charge in [0.15, 0.2) is 0 Å². The Bertz CT molecular complexity index is 610. The van der Waals surface area contributed by atoms with Crippen molar-refractivity contribution in [1.82, 2.24) is 9.55 Å². The van der Waals surface area contributed by atoms with Gasteiger partial charge in [0.05, 0.1) is 6.33 Å². The maximum absolute atomic E-state index is 4.10. The average molecular weight is 242 g/mol. The summed E-state index contributed by atoms with van der Waals surface area (Å²) in [5, 5.41) is 4.99. The van der Waals surface area contributed by atoms with Crippen LogP contribution in [0.3, 0.4) is 0 Å². The summed E-state index contributed by atoms with van der Waals surface area (Å²) in [5.74, 6) is 0. The highest BCUT2D eigenvalue weighted by Crippen LogP contribution is 2.28. The van der Waals surface area contributed by atoms with Crippen LogP contribution >= 0.6 is 11.3 Å². The molecular formula is C14H14N2S. The molecule has 1 aromatic carbocycles. The van der Waals surface area contributed by atoms with E-state index in [1.54, 1.807) is 0 Å². The van der Waals surface area contributed by atoms with Gasteiger partial charge < -0.3 is 4.57 Å². The summed E-state index contributed by atoms with van der Waals surface area (Å²) in [4.78, 5) is 5.56. The van der Waals surface area contributed by atoms with Crippen molar-refractivity contribution in [2.24, 2.45) is 0 Å². The summed E-state index contributed by atoms with van der Waals surface area (Å²) in [5.41, 5.74) is 0. The van der Waals surface area contributed by atoms with E-state index < -0.39 is 0 Å². The van der Waals surface area contributed by atoms with Crippen molar-refractivity contribution in [2.45, 2.75) is 19.4 Å². The number of benzene rings is 1. The molecule has 0 amide bonds. The smallest absolute Gasteiger partial charge is 0.0948 e. The van der Waals surface area contributed by atoms with E-state index in [-0.39, 0.29) is 0 Å². The Morgan fingerprint density at radius 1 is 1.35 bits per heavy atom. The van der Waals surface area contributed by atoms with Gasteiger partial charge in [0, 0.05) is 29.7 Å². The van der Waals surface area contributed by atoms with Gasteiger partial charge in [0.2, 0.25) is 0 Å². The van der Waals surface area contributed by atoms with Crippen LogP contribution in [0.4, 0.5) is 0 Å². The molecule has 1 unspecified atom stereocenters. The number of thiophene rings is 1. The Morgan fingerprint density at radius 3 is 3.06 bits per heavy atom. The van der Waals surface area contributed by atoms with Crippen molar-refractivity contribution in [3.8, 4) is 0 Å². The molecule has 0 bridgehead atoms. The number of rotatable bonds is 3. The fourth-order valence-corrected chi connectivity index (χ4v) is 3.24. The van der Waals surface area contributed by atoms with Gasteiger partial charge in [0.1, 0.15) is 0 Å². The van der Waals surface area contributed by atoms with Gasteiger partial charge in [-0.3, -0.25) is 0 Å². The van der Waals surface area contributed by atoms with E-state index in [0.29, 0.717) is 6.04 Å². The topological polar surface area (TPSA) is 17.8 Å². The highest BCUT2D eigenvalue weighted by molar-refractivity contribution is 7.11. The lowest BCUT2D eigenvalue weighted by Gasteiger charge is -2.11. The maximum atomic E-state index is 4.10. The van der Waals surface area contributed by atoms with Crippen molar-refractivity contribution < 1.29 is 0 Å². The van der Waals surface area contributed by atoms with Crippen molar-refractivity contribution in [1.29, 1.82) is 0 Å². The molecule has 2 aromatic heterocycles. The molecular weight excluding hydrogens is 228 g/mol. The van der Waals surface area contributed by atoms with Crippen molar-refractivity contribution in [3.05, 3.63) is 53.2 Å². The summed E-state index contributed by atoms with van der Waals surface area (Å²) in [6.07, 6.45) is 6.82. The highest BCUT2D eigenvalue weighted by atomic mass is 32.1. The van der Waals surface area contributed by atoms with Gasteiger partial charge in [-0.05, 0) is 23.1 Å². The number of imidazole rings is 1. The first-order valence-electron chi connectivity index (χ1n) is 5.77. The molecule has 2 nitrogen and oxygen atoms in total. The summed E-state index contributed by atoms with van der Waals surface area (Å²) < 4.78 is 2.16. The molecule has 17 heavy (non-hydrogen) atoms. The number of aromatic nitrogens is 2. The van der Waals surface area contributed by atoms with Crippen LogP contribution in [-0.4, -0.2) is 9.55 Å². The van der Waals surface area contributed by atoms with Gasteiger partial charge in [-0.2, -0.15) is 0 Å². The summed E-state index contributed by atoms with van der Waals surface area (Å²) in [6, 6.07) is 9.05. The van der Waals surface area contributed by atoms with E-state index in [2.05, 4.69) is 46.1 Å². The molecule has 0 radical (unpaired) electrons. The molecule has 2 heterocycles. The number of fused-ring (bicyclic) bond motifs is 1. The van der Waals surface area contributed by atoms with Gasteiger partial charge in [0.25, 0.3) is 0 Å². The van der Waals surface area contributed by atoms with E-state index in [4.69, 9.17) is 0 Å². The monoisotopic (exact) mass is 242 g/mol. The van der Waals surface area contributed by atoms with E-state index in [1.807, 2.05) is 30.1 Å². The number of hydrogen-bond donors (Lipinski definition) is 0. The van der Waals surface area contributed by atoms with Gasteiger partial charge in [-0.1, -0.05) is 24.3 Å². The lowest BCUT2D eigenvalue weighted by atomic mass is 10.1. The third-order valence-electron chi connectivity index (χ3n) is 3.10. The molecule has 0 N–H and O–H groups in total. The predicted molar refractivity (Wildman–Crippen MR) is 72.5 cm³/mol. The molecule has 3 rings (SSSR count). The second-order valence-corrected chi connectivity index (χ2v) is 5.27. The SMILES string of the molecule is CC(Cc1scc2ccccc12)n1ccnc1. The largest absolute Gasteiger partial charge is 0.334 e. The Kier molecular flexibility index (Phi) is 2.69. The lowest BCUT2D eigenvalue weighted by Crippen LogP contribution is -2.04. The lowest BCUT2D eigenvalue weighted by molar-refractivity contribution is 0.549. The van der Waals surface area contributed by atoms with Crippen LogP contribution in [-0.2, 0) is 6.42 Å². The molecule has 86 valence electrons. The first kappa shape index (κ1) is 10.5.